The van der Waals surface area contributed by atoms with E-state index in [1.54, 1.807) is 0 Å². The fraction of sp³-hybridized carbons (Fsp3) is 0.938. The molecule has 0 saturated carbocycles. The van der Waals surface area contributed by atoms with E-state index in [9.17, 15) is 4.79 Å². The number of likely N-dealkylation sites (tertiary alicyclic amines) is 1. The molecule has 1 saturated heterocycles. The lowest BCUT2D eigenvalue weighted by Gasteiger charge is -2.41. The van der Waals surface area contributed by atoms with Crippen molar-refractivity contribution >= 4 is 5.91 Å². The van der Waals surface area contributed by atoms with Crippen LogP contribution in [0.5, 0.6) is 0 Å². The number of nitrogens with zero attached hydrogens (tertiary/aromatic N) is 1. The highest BCUT2D eigenvalue weighted by Gasteiger charge is 2.32. The van der Waals surface area contributed by atoms with E-state index >= 15 is 0 Å². The molecular formula is C16H33N3O. The van der Waals surface area contributed by atoms with Crippen molar-refractivity contribution in [2.24, 2.45) is 5.92 Å². The topological polar surface area (TPSA) is 44.4 Å². The minimum absolute atomic E-state index is 0.0346. The molecule has 4 nitrogen and oxygen atoms in total. The van der Waals surface area contributed by atoms with Gasteiger partial charge in [-0.1, -0.05) is 20.3 Å². The number of carbonyl (C=O) groups is 1. The average Bonchev–Trinajstić information content (AvgIpc) is 2.45. The Morgan fingerprint density at radius 2 is 2.05 bits per heavy atom. The van der Waals surface area contributed by atoms with E-state index in [1.165, 1.54) is 0 Å². The minimum Gasteiger partial charge on any atom is -0.350 e. The Balaban J connectivity index is 2.59. The third-order valence-corrected chi connectivity index (χ3v) is 4.93. The number of nitrogens with one attached hydrogen (secondary N) is 2. The summed E-state index contributed by atoms with van der Waals surface area (Å²) in [5.74, 6) is 0.804. The van der Waals surface area contributed by atoms with Crippen LogP contribution in [-0.4, -0.2) is 48.6 Å². The number of amides is 1. The standard InChI is InChI=1S/C16H33N3O/c1-7-13-11-19(10-9-14(13)17-6)12(3)15(20)18-16(4,5)8-2/h12-14,17H,7-11H2,1-6H3,(H,18,20). The molecule has 0 radical (unpaired) electrons. The molecule has 3 atom stereocenters. The van der Waals surface area contributed by atoms with Crippen molar-refractivity contribution in [2.75, 3.05) is 20.1 Å². The van der Waals surface area contributed by atoms with E-state index in [0.29, 0.717) is 12.0 Å². The van der Waals surface area contributed by atoms with Crippen molar-refractivity contribution in [1.29, 1.82) is 0 Å². The van der Waals surface area contributed by atoms with Crippen LogP contribution in [0.4, 0.5) is 0 Å². The molecule has 0 aromatic heterocycles. The molecule has 1 amide bonds. The van der Waals surface area contributed by atoms with Crippen molar-refractivity contribution in [3.8, 4) is 0 Å². The molecule has 20 heavy (non-hydrogen) atoms. The second-order valence-electron chi connectivity index (χ2n) is 6.75. The highest BCUT2D eigenvalue weighted by atomic mass is 16.2. The summed E-state index contributed by atoms with van der Waals surface area (Å²) in [4.78, 5) is 14.7. The maximum atomic E-state index is 12.4. The Kier molecular flexibility index (Phi) is 6.46. The van der Waals surface area contributed by atoms with E-state index in [0.717, 1.165) is 32.4 Å². The predicted molar refractivity (Wildman–Crippen MR) is 84.8 cm³/mol. The van der Waals surface area contributed by atoms with Crippen molar-refractivity contribution < 1.29 is 4.79 Å². The lowest BCUT2D eigenvalue weighted by Crippen LogP contribution is -2.56. The molecule has 1 aliphatic rings. The number of piperidine rings is 1. The molecule has 0 bridgehead atoms. The molecule has 0 aromatic carbocycles. The van der Waals surface area contributed by atoms with E-state index < -0.39 is 0 Å². The van der Waals surface area contributed by atoms with Crippen molar-refractivity contribution in [2.45, 2.75) is 71.5 Å². The third-order valence-electron chi connectivity index (χ3n) is 4.93. The molecule has 118 valence electrons. The summed E-state index contributed by atoms with van der Waals surface area (Å²) in [5.41, 5.74) is -0.112. The van der Waals surface area contributed by atoms with E-state index in [-0.39, 0.29) is 17.5 Å². The summed E-state index contributed by atoms with van der Waals surface area (Å²) in [6.45, 7) is 12.6. The molecule has 4 heteroatoms. The van der Waals surface area contributed by atoms with Crippen LogP contribution < -0.4 is 10.6 Å². The van der Waals surface area contributed by atoms with Crippen LogP contribution in [0.25, 0.3) is 0 Å². The first-order chi connectivity index (χ1) is 9.34. The van der Waals surface area contributed by atoms with Gasteiger partial charge in [0.2, 0.25) is 5.91 Å². The monoisotopic (exact) mass is 283 g/mol. The summed E-state index contributed by atoms with van der Waals surface area (Å²) < 4.78 is 0. The molecule has 0 spiro atoms. The van der Waals surface area contributed by atoms with Gasteiger partial charge in [0.15, 0.2) is 0 Å². The summed E-state index contributed by atoms with van der Waals surface area (Å²) in [5, 5.41) is 6.58. The first kappa shape index (κ1) is 17.4. The van der Waals surface area contributed by atoms with Crippen molar-refractivity contribution in [3.63, 3.8) is 0 Å². The second kappa shape index (κ2) is 7.41. The van der Waals surface area contributed by atoms with Crippen molar-refractivity contribution in [3.05, 3.63) is 0 Å². The van der Waals surface area contributed by atoms with Gasteiger partial charge in [0.1, 0.15) is 0 Å². The van der Waals surface area contributed by atoms with Gasteiger partial charge in [-0.25, -0.2) is 0 Å². The number of rotatable bonds is 6. The fourth-order valence-corrected chi connectivity index (χ4v) is 2.90. The molecule has 2 N–H and O–H groups in total. The van der Waals surface area contributed by atoms with Gasteiger partial charge in [-0.05, 0) is 46.6 Å². The number of hydrogen-bond donors (Lipinski definition) is 2. The SMILES string of the molecule is CCC1CN(C(C)C(=O)NC(C)(C)CC)CCC1NC. The van der Waals surface area contributed by atoms with Gasteiger partial charge in [-0.2, -0.15) is 0 Å². The Bertz CT molecular complexity index is 317. The third kappa shape index (κ3) is 4.45. The van der Waals surface area contributed by atoms with E-state index in [2.05, 4.69) is 43.2 Å². The second-order valence-corrected chi connectivity index (χ2v) is 6.75. The molecule has 1 fully saturated rings. The zero-order valence-electron chi connectivity index (χ0n) is 14.1. The lowest BCUT2D eigenvalue weighted by atomic mass is 9.89. The lowest BCUT2D eigenvalue weighted by molar-refractivity contribution is -0.128. The summed E-state index contributed by atoms with van der Waals surface area (Å²) in [6, 6.07) is 0.561. The predicted octanol–water partition coefficient (Wildman–Crippen LogP) is 2.00. The number of carbonyl (C=O) groups excluding carboxylic acids is 1. The fourth-order valence-electron chi connectivity index (χ4n) is 2.90. The van der Waals surface area contributed by atoms with Gasteiger partial charge < -0.3 is 10.6 Å². The van der Waals surface area contributed by atoms with Gasteiger partial charge in [-0.15, -0.1) is 0 Å². The van der Waals surface area contributed by atoms with E-state index in [4.69, 9.17) is 0 Å². The molecule has 1 rings (SSSR count). The van der Waals surface area contributed by atoms with Gasteiger partial charge in [-0.3, -0.25) is 9.69 Å². The molecule has 3 unspecified atom stereocenters. The van der Waals surface area contributed by atoms with Crippen molar-refractivity contribution in [1.82, 2.24) is 15.5 Å². The maximum absolute atomic E-state index is 12.4. The Hall–Kier alpha value is -0.610. The molecular weight excluding hydrogens is 250 g/mol. The molecule has 0 aliphatic carbocycles. The zero-order valence-corrected chi connectivity index (χ0v) is 14.1. The molecule has 1 aliphatic heterocycles. The first-order valence-electron chi connectivity index (χ1n) is 8.08. The minimum atomic E-state index is -0.112. The average molecular weight is 283 g/mol. The summed E-state index contributed by atoms with van der Waals surface area (Å²) in [7, 11) is 2.04. The van der Waals surface area contributed by atoms with Crippen LogP contribution in [0.2, 0.25) is 0 Å². The summed E-state index contributed by atoms with van der Waals surface area (Å²) in [6.07, 6.45) is 3.24. The smallest absolute Gasteiger partial charge is 0.237 e. The normalized spacial score (nSPS) is 26.3. The van der Waals surface area contributed by atoms with Crippen LogP contribution in [-0.2, 0) is 4.79 Å². The maximum Gasteiger partial charge on any atom is 0.237 e. The van der Waals surface area contributed by atoms with Crippen LogP contribution >= 0.6 is 0 Å². The zero-order chi connectivity index (χ0) is 15.3. The Morgan fingerprint density at radius 3 is 2.55 bits per heavy atom. The van der Waals surface area contributed by atoms with Crippen LogP contribution in [0, 0.1) is 5.92 Å². The highest BCUT2D eigenvalue weighted by Crippen LogP contribution is 2.22. The quantitative estimate of drug-likeness (QED) is 0.783. The van der Waals surface area contributed by atoms with Gasteiger partial charge in [0, 0.05) is 24.7 Å². The Labute approximate surface area is 124 Å². The van der Waals surface area contributed by atoms with Gasteiger partial charge >= 0.3 is 0 Å². The van der Waals surface area contributed by atoms with Gasteiger partial charge in [0.05, 0.1) is 6.04 Å². The van der Waals surface area contributed by atoms with E-state index in [1.807, 2.05) is 14.0 Å². The largest absolute Gasteiger partial charge is 0.350 e. The van der Waals surface area contributed by atoms with Crippen LogP contribution in [0.15, 0.2) is 0 Å². The van der Waals surface area contributed by atoms with Crippen LogP contribution in [0.1, 0.15) is 53.9 Å². The first-order valence-corrected chi connectivity index (χ1v) is 8.08. The molecule has 1 heterocycles. The summed E-state index contributed by atoms with van der Waals surface area (Å²) >= 11 is 0. The number of hydrogen-bond acceptors (Lipinski definition) is 3. The highest BCUT2D eigenvalue weighted by molar-refractivity contribution is 5.82. The van der Waals surface area contributed by atoms with Crippen LogP contribution in [0.3, 0.4) is 0 Å². The van der Waals surface area contributed by atoms with Gasteiger partial charge in [0.25, 0.3) is 0 Å². The Morgan fingerprint density at radius 1 is 1.40 bits per heavy atom. The molecule has 0 aromatic rings.